The summed E-state index contributed by atoms with van der Waals surface area (Å²) in [5.74, 6) is 0.235. The summed E-state index contributed by atoms with van der Waals surface area (Å²) in [6.45, 7) is 0.596. The normalized spacial score (nSPS) is 18.7. The van der Waals surface area contributed by atoms with E-state index in [1.54, 1.807) is 47.2 Å². The number of carbonyl (C=O) groups excluding carboxylic acids is 3. The molecule has 3 amide bonds. The topological polar surface area (TPSA) is 79.0 Å². The Bertz CT molecular complexity index is 934. The third kappa shape index (κ3) is 3.55. The van der Waals surface area contributed by atoms with Gasteiger partial charge in [-0.3, -0.25) is 14.5 Å². The van der Waals surface area contributed by atoms with E-state index in [1.807, 2.05) is 18.2 Å². The number of nitrogens with zero attached hydrogens (tertiary/aromatic N) is 2. The average molecular weight is 397 g/mol. The first-order chi connectivity index (χ1) is 13.5. The maximum atomic E-state index is 12.3. The van der Waals surface area contributed by atoms with Gasteiger partial charge in [-0.2, -0.15) is 0 Å². The second-order valence-corrected chi connectivity index (χ2v) is 7.60. The molecule has 28 heavy (non-hydrogen) atoms. The minimum absolute atomic E-state index is 0.0556. The lowest BCUT2D eigenvalue weighted by atomic mass is 10.2. The molecule has 7 nitrogen and oxygen atoms in total. The zero-order valence-electron chi connectivity index (χ0n) is 15.3. The van der Waals surface area contributed by atoms with E-state index in [4.69, 9.17) is 4.74 Å². The van der Waals surface area contributed by atoms with Crippen LogP contribution in [0.4, 0.5) is 16.2 Å². The Hall–Kier alpha value is -3.00. The maximum Gasteiger partial charge on any atom is 0.414 e. The van der Waals surface area contributed by atoms with Crippen molar-refractivity contribution in [1.29, 1.82) is 0 Å². The van der Waals surface area contributed by atoms with Crippen LogP contribution in [0.1, 0.15) is 10.4 Å². The minimum atomic E-state index is -0.441. The Morgan fingerprint density at radius 3 is 2.79 bits per heavy atom. The van der Waals surface area contributed by atoms with Crippen LogP contribution < -0.4 is 15.1 Å². The Morgan fingerprint density at radius 1 is 1.21 bits per heavy atom. The van der Waals surface area contributed by atoms with Gasteiger partial charge in [0.1, 0.15) is 6.10 Å². The summed E-state index contributed by atoms with van der Waals surface area (Å²) in [6, 6.07) is 14.4. The number of amides is 3. The molecular formula is C20H19N3O4S. The maximum absolute atomic E-state index is 12.3. The van der Waals surface area contributed by atoms with E-state index in [2.05, 4.69) is 5.32 Å². The van der Waals surface area contributed by atoms with Gasteiger partial charge in [0.2, 0.25) is 5.91 Å². The largest absolute Gasteiger partial charge is 0.442 e. The van der Waals surface area contributed by atoms with Crippen molar-refractivity contribution in [2.75, 3.05) is 35.7 Å². The van der Waals surface area contributed by atoms with Crippen molar-refractivity contribution in [3.05, 3.63) is 54.1 Å². The van der Waals surface area contributed by atoms with Crippen LogP contribution in [0.2, 0.25) is 0 Å². The number of hydrogen-bond acceptors (Lipinski definition) is 5. The minimum Gasteiger partial charge on any atom is -0.442 e. The zero-order chi connectivity index (χ0) is 19.7. The van der Waals surface area contributed by atoms with Crippen LogP contribution in [0, 0.1) is 0 Å². The van der Waals surface area contributed by atoms with Gasteiger partial charge in [-0.25, -0.2) is 4.79 Å². The number of rotatable bonds is 4. The summed E-state index contributed by atoms with van der Waals surface area (Å²) < 4.78 is 5.40. The van der Waals surface area contributed by atoms with Gasteiger partial charge >= 0.3 is 6.09 Å². The summed E-state index contributed by atoms with van der Waals surface area (Å²) in [4.78, 5) is 40.4. The van der Waals surface area contributed by atoms with Gasteiger partial charge in [-0.05, 0) is 30.3 Å². The molecule has 0 aliphatic carbocycles. The summed E-state index contributed by atoms with van der Waals surface area (Å²) in [5.41, 5.74) is 2.12. The summed E-state index contributed by atoms with van der Waals surface area (Å²) >= 11 is 1.46. The molecule has 2 aliphatic rings. The highest BCUT2D eigenvalue weighted by atomic mass is 32.2. The highest BCUT2D eigenvalue weighted by Gasteiger charge is 2.33. The fraction of sp³-hybridized carbons (Fsp3) is 0.250. The summed E-state index contributed by atoms with van der Waals surface area (Å²) in [5, 5.41) is 2.80. The van der Waals surface area contributed by atoms with E-state index < -0.39 is 12.2 Å². The lowest BCUT2D eigenvalue weighted by molar-refractivity contribution is -0.116. The van der Waals surface area contributed by atoms with Gasteiger partial charge in [0, 0.05) is 23.2 Å². The molecule has 1 saturated heterocycles. The van der Waals surface area contributed by atoms with Crippen molar-refractivity contribution in [2.45, 2.75) is 11.0 Å². The summed E-state index contributed by atoms with van der Waals surface area (Å²) in [6.07, 6.45) is -0.864. The van der Waals surface area contributed by atoms with E-state index in [9.17, 15) is 14.4 Å². The molecule has 0 spiro atoms. The monoisotopic (exact) mass is 397 g/mol. The number of cyclic esters (lactones) is 1. The number of ether oxygens (including phenoxy) is 1. The van der Waals surface area contributed by atoms with Crippen LogP contribution in [0.5, 0.6) is 0 Å². The number of nitrogens with one attached hydrogen (secondary N) is 1. The molecule has 1 fully saturated rings. The smallest absolute Gasteiger partial charge is 0.414 e. The van der Waals surface area contributed by atoms with Crippen molar-refractivity contribution in [2.24, 2.45) is 0 Å². The molecule has 0 radical (unpaired) electrons. The van der Waals surface area contributed by atoms with Crippen molar-refractivity contribution >= 4 is 41.0 Å². The molecule has 2 aromatic rings. The highest BCUT2D eigenvalue weighted by Crippen LogP contribution is 2.38. The van der Waals surface area contributed by atoms with Gasteiger partial charge in [-0.15, -0.1) is 11.8 Å². The second-order valence-electron chi connectivity index (χ2n) is 6.59. The first-order valence-electron chi connectivity index (χ1n) is 8.88. The lowest BCUT2D eigenvalue weighted by Gasteiger charge is -2.26. The van der Waals surface area contributed by atoms with Crippen LogP contribution in [0.3, 0.4) is 0 Å². The Kier molecular flexibility index (Phi) is 4.95. The number of benzene rings is 2. The van der Waals surface area contributed by atoms with E-state index >= 15 is 0 Å². The number of thioether (sulfide) groups is 1. The third-order valence-corrected chi connectivity index (χ3v) is 5.77. The van der Waals surface area contributed by atoms with E-state index in [1.165, 1.54) is 11.8 Å². The molecule has 1 N–H and O–H groups in total. The molecule has 0 bridgehead atoms. The molecule has 0 saturated carbocycles. The zero-order valence-corrected chi connectivity index (χ0v) is 16.1. The number of hydrogen-bond donors (Lipinski definition) is 1. The van der Waals surface area contributed by atoms with Crippen molar-refractivity contribution in [3.63, 3.8) is 0 Å². The summed E-state index contributed by atoms with van der Waals surface area (Å²) in [7, 11) is 1.75. The van der Waals surface area contributed by atoms with Crippen LogP contribution in [-0.4, -0.2) is 49.9 Å². The van der Waals surface area contributed by atoms with Gasteiger partial charge in [0.15, 0.2) is 0 Å². The number of carbonyl (C=O) groups is 3. The van der Waals surface area contributed by atoms with Crippen LogP contribution in [0.15, 0.2) is 53.4 Å². The quantitative estimate of drug-likeness (QED) is 0.858. The Labute approximate surface area is 166 Å². The van der Waals surface area contributed by atoms with Crippen molar-refractivity contribution < 1.29 is 19.1 Å². The van der Waals surface area contributed by atoms with E-state index in [0.717, 1.165) is 16.3 Å². The molecular weight excluding hydrogens is 378 g/mol. The SMILES string of the molecule is CN1C(=O)CSc2cc(N3CC(CNC(=O)c4ccccc4)OC3=O)ccc21. The highest BCUT2D eigenvalue weighted by molar-refractivity contribution is 8.00. The van der Waals surface area contributed by atoms with Gasteiger partial charge < -0.3 is 15.0 Å². The van der Waals surface area contributed by atoms with Gasteiger partial charge in [0.25, 0.3) is 5.91 Å². The Morgan fingerprint density at radius 2 is 2.00 bits per heavy atom. The molecule has 1 atom stereocenters. The Balaban J connectivity index is 1.41. The first kappa shape index (κ1) is 18.4. The molecule has 144 valence electrons. The third-order valence-electron chi connectivity index (χ3n) is 4.74. The first-order valence-corrected chi connectivity index (χ1v) is 9.86. The van der Waals surface area contributed by atoms with Gasteiger partial charge in [-0.1, -0.05) is 18.2 Å². The standard InChI is InChI=1S/C20H19N3O4S/c1-22-16-8-7-14(9-17(16)28-12-18(22)24)23-11-15(27-20(23)26)10-21-19(25)13-5-3-2-4-6-13/h2-9,15H,10-12H2,1H3,(H,21,25). The predicted molar refractivity (Wildman–Crippen MR) is 107 cm³/mol. The lowest BCUT2D eigenvalue weighted by Crippen LogP contribution is -2.34. The molecule has 4 rings (SSSR count). The second kappa shape index (κ2) is 7.55. The van der Waals surface area contributed by atoms with Crippen molar-refractivity contribution in [3.8, 4) is 0 Å². The molecule has 2 aliphatic heterocycles. The van der Waals surface area contributed by atoms with Gasteiger partial charge in [0.05, 0.1) is 24.5 Å². The molecule has 2 aromatic carbocycles. The number of anilines is 2. The molecule has 0 aromatic heterocycles. The van der Waals surface area contributed by atoms with Crippen LogP contribution >= 0.6 is 11.8 Å². The number of fused-ring (bicyclic) bond motifs is 1. The van der Waals surface area contributed by atoms with Crippen molar-refractivity contribution in [1.82, 2.24) is 5.32 Å². The van der Waals surface area contributed by atoms with E-state index in [0.29, 0.717) is 17.9 Å². The molecule has 8 heteroatoms. The molecule has 1 unspecified atom stereocenters. The van der Waals surface area contributed by atoms with E-state index in [-0.39, 0.29) is 18.4 Å². The van der Waals surface area contributed by atoms with Crippen LogP contribution in [0.25, 0.3) is 0 Å². The molecule has 2 heterocycles. The fourth-order valence-electron chi connectivity index (χ4n) is 3.17. The predicted octanol–water partition coefficient (Wildman–Crippen LogP) is 2.51. The van der Waals surface area contributed by atoms with Crippen LogP contribution in [-0.2, 0) is 9.53 Å². The average Bonchev–Trinajstić information content (AvgIpc) is 3.10. The fourth-order valence-corrected chi connectivity index (χ4v) is 4.20.